The van der Waals surface area contributed by atoms with E-state index in [2.05, 4.69) is 4.90 Å². The van der Waals surface area contributed by atoms with Crippen molar-refractivity contribution in [2.75, 3.05) is 26.4 Å². The summed E-state index contributed by atoms with van der Waals surface area (Å²) in [5, 5.41) is 10.7. The van der Waals surface area contributed by atoms with Gasteiger partial charge in [-0.3, -0.25) is 9.69 Å². The Hall–Kier alpha value is -1.79. The summed E-state index contributed by atoms with van der Waals surface area (Å²) in [6.07, 6.45) is 3.81. The van der Waals surface area contributed by atoms with E-state index in [-0.39, 0.29) is 12.7 Å². The van der Waals surface area contributed by atoms with Crippen LogP contribution in [0, 0.1) is 0 Å². The third kappa shape index (κ3) is 3.20. The largest absolute Gasteiger partial charge is 0.454 e. The van der Waals surface area contributed by atoms with Crippen LogP contribution in [-0.2, 0) is 4.79 Å². The summed E-state index contributed by atoms with van der Waals surface area (Å²) < 4.78 is 10.7. The predicted molar refractivity (Wildman–Crippen MR) is 92.5 cm³/mol. The zero-order chi connectivity index (χ0) is 17.4. The highest BCUT2D eigenvalue weighted by Crippen LogP contribution is 2.35. The van der Waals surface area contributed by atoms with Crippen LogP contribution in [-0.4, -0.2) is 59.3 Å². The Labute approximate surface area is 148 Å². The summed E-state index contributed by atoms with van der Waals surface area (Å²) in [6.45, 7) is 4.35. The predicted octanol–water partition coefficient (Wildman–Crippen LogP) is 1.92. The molecule has 1 amide bonds. The zero-order valence-electron chi connectivity index (χ0n) is 14.7. The first kappa shape index (κ1) is 16.7. The summed E-state index contributed by atoms with van der Waals surface area (Å²) in [5.74, 6) is 1.61. The second-order valence-corrected chi connectivity index (χ2v) is 7.25. The first-order valence-corrected chi connectivity index (χ1v) is 9.22. The number of carbonyl (C=O) groups excluding carboxylic acids is 1. The van der Waals surface area contributed by atoms with Crippen LogP contribution in [0.5, 0.6) is 11.5 Å². The van der Waals surface area contributed by atoms with Gasteiger partial charge in [0.05, 0.1) is 6.10 Å². The monoisotopic (exact) mass is 346 g/mol. The van der Waals surface area contributed by atoms with Crippen molar-refractivity contribution >= 4 is 5.91 Å². The molecule has 4 rings (SSSR count). The van der Waals surface area contributed by atoms with Crippen LogP contribution >= 0.6 is 0 Å². The van der Waals surface area contributed by atoms with Gasteiger partial charge in [0, 0.05) is 32.1 Å². The van der Waals surface area contributed by atoms with Crippen LogP contribution in [0.3, 0.4) is 0 Å². The van der Waals surface area contributed by atoms with Gasteiger partial charge in [-0.05, 0) is 49.9 Å². The van der Waals surface area contributed by atoms with Crippen molar-refractivity contribution in [2.45, 2.75) is 50.8 Å². The molecule has 2 saturated heterocycles. The van der Waals surface area contributed by atoms with Crippen LogP contribution in [0.15, 0.2) is 18.2 Å². The van der Waals surface area contributed by atoms with Gasteiger partial charge in [0.15, 0.2) is 11.5 Å². The van der Waals surface area contributed by atoms with Crippen molar-refractivity contribution < 1.29 is 19.4 Å². The normalized spacial score (nSPS) is 27.0. The molecule has 0 aliphatic carbocycles. The third-order valence-corrected chi connectivity index (χ3v) is 5.75. The number of aliphatic hydroxyl groups excluding tert-OH is 1. The van der Waals surface area contributed by atoms with Crippen molar-refractivity contribution in [2.24, 2.45) is 0 Å². The number of likely N-dealkylation sites (tertiary alicyclic amines) is 2. The number of rotatable bonds is 4. The molecule has 0 radical (unpaired) electrons. The summed E-state index contributed by atoms with van der Waals surface area (Å²) in [5.41, 5.74) is 0.852. The van der Waals surface area contributed by atoms with Crippen LogP contribution in [0.25, 0.3) is 0 Å². The molecule has 0 spiro atoms. The van der Waals surface area contributed by atoms with Gasteiger partial charge in [0.25, 0.3) is 0 Å². The fourth-order valence-corrected chi connectivity index (χ4v) is 4.55. The molecule has 1 aromatic carbocycles. The summed E-state index contributed by atoms with van der Waals surface area (Å²) in [4.78, 5) is 16.3. The van der Waals surface area contributed by atoms with Crippen molar-refractivity contribution in [3.8, 4) is 11.5 Å². The molecule has 3 aliphatic heterocycles. The number of aliphatic hydroxyl groups is 1. The Balaban J connectivity index is 1.45. The maximum Gasteiger partial charge on any atom is 0.231 e. The average Bonchev–Trinajstić information content (AvgIpc) is 3.33. The summed E-state index contributed by atoms with van der Waals surface area (Å²) in [6, 6.07) is 6.28. The lowest BCUT2D eigenvalue weighted by molar-refractivity contribution is -0.130. The van der Waals surface area contributed by atoms with Gasteiger partial charge in [-0.1, -0.05) is 6.07 Å². The number of benzene rings is 1. The van der Waals surface area contributed by atoms with Gasteiger partial charge >= 0.3 is 0 Å². The maximum absolute atomic E-state index is 11.9. The van der Waals surface area contributed by atoms with Gasteiger partial charge in [0.1, 0.15) is 0 Å². The third-order valence-electron chi connectivity index (χ3n) is 5.75. The molecular weight excluding hydrogens is 320 g/mol. The minimum atomic E-state index is -0.567. The molecule has 0 aromatic heterocycles. The molecule has 0 unspecified atom stereocenters. The highest BCUT2D eigenvalue weighted by Gasteiger charge is 2.39. The van der Waals surface area contributed by atoms with E-state index in [1.54, 1.807) is 6.92 Å². The fourth-order valence-electron chi connectivity index (χ4n) is 4.55. The zero-order valence-corrected chi connectivity index (χ0v) is 14.7. The van der Waals surface area contributed by atoms with E-state index >= 15 is 0 Å². The van der Waals surface area contributed by atoms with E-state index in [0.29, 0.717) is 24.4 Å². The summed E-state index contributed by atoms with van der Waals surface area (Å²) >= 11 is 0. The molecule has 1 N–H and O–H groups in total. The first-order valence-electron chi connectivity index (χ1n) is 9.22. The smallest absolute Gasteiger partial charge is 0.231 e. The van der Waals surface area contributed by atoms with E-state index in [1.807, 2.05) is 23.1 Å². The number of hydrogen-bond acceptors (Lipinski definition) is 5. The number of carbonyl (C=O) groups is 1. The number of amides is 1. The molecule has 3 aliphatic rings. The van der Waals surface area contributed by atoms with Crippen LogP contribution in [0.2, 0.25) is 0 Å². The Morgan fingerprint density at radius 1 is 1.20 bits per heavy atom. The Morgan fingerprint density at radius 3 is 2.80 bits per heavy atom. The summed E-state index contributed by atoms with van der Waals surface area (Å²) in [7, 11) is 0. The minimum absolute atomic E-state index is 0.172. The van der Waals surface area contributed by atoms with E-state index in [1.165, 1.54) is 0 Å². The van der Waals surface area contributed by atoms with Crippen molar-refractivity contribution in [1.82, 2.24) is 9.80 Å². The number of nitrogens with zero attached hydrogens (tertiary/aromatic N) is 2. The number of β-amino-alcohol motifs (C(OH)–C–C–N with tert-alkyl or cyclic N) is 1. The molecule has 0 bridgehead atoms. The highest BCUT2D eigenvalue weighted by molar-refractivity contribution is 5.74. The van der Waals surface area contributed by atoms with E-state index in [4.69, 9.17) is 9.47 Å². The Bertz CT molecular complexity index is 650. The Morgan fingerprint density at radius 2 is 1.96 bits per heavy atom. The van der Waals surface area contributed by atoms with E-state index in [0.717, 1.165) is 50.1 Å². The lowest BCUT2D eigenvalue weighted by Crippen LogP contribution is -2.48. The van der Waals surface area contributed by atoms with Crippen molar-refractivity contribution in [3.63, 3.8) is 0 Å². The second-order valence-electron chi connectivity index (χ2n) is 7.25. The van der Waals surface area contributed by atoms with Crippen LogP contribution in [0.1, 0.15) is 44.3 Å². The average molecular weight is 346 g/mol. The fraction of sp³-hybridized carbons (Fsp3) is 0.632. The SMILES string of the molecule is CC(=O)N1CCC[C@@H]1[C@H]1CCCN1C[C@@H](O)c1ccc2c(c1)OCO2. The lowest BCUT2D eigenvalue weighted by Gasteiger charge is -2.35. The molecule has 136 valence electrons. The van der Waals surface area contributed by atoms with Gasteiger partial charge < -0.3 is 19.5 Å². The molecule has 3 atom stereocenters. The molecule has 25 heavy (non-hydrogen) atoms. The van der Waals surface area contributed by atoms with E-state index < -0.39 is 6.10 Å². The van der Waals surface area contributed by atoms with Crippen LogP contribution in [0.4, 0.5) is 0 Å². The number of hydrogen-bond donors (Lipinski definition) is 1. The Kier molecular flexibility index (Phi) is 4.56. The molecule has 2 fully saturated rings. The molecule has 6 heteroatoms. The minimum Gasteiger partial charge on any atom is -0.454 e. The quantitative estimate of drug-likeness (QED) is 0.903. The lowest BCUT2D eigenvalue weighted by atomic mass is 10.0. The maximum atomic E-state index is 11.9. The molecule has 6 nitrogen and oxygen atoms in total. The molecule has 0 saturated carbocycles. The first-order chi connectivity index (χ1) is 12.1. The molecule has 1 aromatic rings. The standard InChI is InChI=1S/C19H26N2O4/c1-13(22)21-9-3-5-16(21)15-4-2-8-20(15)11-17(23)14-6-7-18-19(10-14)25-12-24-18/h6-7,10,15-17,23H,2-5,8-9,11-12H2,1H3/t15-,16-,17-/m1/s1. The topological polar surface area (TPSA) is 62.2 Å². The van der Waals surface area contributed by atoms with Crippen molar-refractivity contribution in [3.05, 3.63) is 23.8 Å². The van der Waals surface area contributed by atoms with Gasteiger partial charge in [-0.2, -0.15) is 0 Å². The highest BCUT2D eigenvalue weighted by atomic mass is 16.7. The van der Waals surface area contributed by atoms with Gasteiger partial charge in [0.2, 0.25) is 12.7 Å². The van der Waals surface area contributed by atoms with Crippen molar-refractivity contribution in [1.29, 1.82) is 0 Å². The van der Waals surface area contributed by atoms with Gasteiger partial charge in [-0.15, -0.1) is 0 Å². The molecule has 3 heterocycles. The molecular formula is C19H26N2O4. The van der Waals surface area contributed by atoms with Gasteiger partial charge in [-0.25, -0.2) is 0 Å². The van der Waals surface area contributed by atoms with E-state index in [9.17, 15) is 9.90 Å². The van der Waals surface area contributed by atoms with Crippen LogP contribution < -0.4 is 9.47 Å². The number of fused-ring (bicyclic) bond motifs is 1. The second kappa shape index (κ2) is 6.84. The number of ether oxygens (including phenoxy) is 2.